The molecule has 0 saturated carbocycles. The van der Waals surface area contributed by atoms with Crippen molar-refractivity contribution in [2.24, 2.45) is 0 Å². The average Bonchev–Trinajstić information content (AvgIpc) is 2.51. The lowest BCUT2D eigenvalue weighted by Gasteiger charge is -2.45. The van der Waals surface area contributed by atoms with E-state index in [1.54, 1.807) is 25.3 Å². The van der Waals surface area contributed by atoms with Crippen LogP contribution < -0.4 is 9.46 Å². The largest absolute Gasteiger partial charge is 0.496 e. The Bertz CT molecular complexity index is 650. The maximum Gasteiger partial charge on any atom is 0.240 e. The summed E-state index contributed by atoms with van der Waals surface area (Å²) in [4.78, 5) is 2.63. The summed E-state index contributed by atoms with van der Waals surface area (Å²) < 4.78 is 38.3. The number of hydrogen-bond acceptors (Lipinski definition) is 5. The second-order valence-electron chi connectivity index (χ2n) is 6.25. The quantitative estimate of drug-likeness (QED) is 0.871. The van der Waals surface area contributed by atoms with Gasteiger partial charge in [0.15, 0.2) is 0 Å². The first-order valence-corrected chi connectivity index (χ1v) is 9.46. The molecule has 1 aromatic rings. The van der Waals surface area contributed by atoms with Crippen LogP contribution in [-0.2, 0) is 14.8 Å². The van der Waals surface area contributed by atoms with E-state index in [9.17, 15) is 8.42 Å². The molecule has 3 rings (SSSR count). The molecule has 0 bridgehead atoms. The van der Waals surface area contributed by atoms with Crippen molar-refractivity contribution in [1.82, 2.24) is 9.62 Å². The minimum atomic E-state index is -3.48. The molecule has 2 heterocycles. The van der Waals surface area contributed by atoms with E-state index in [0.717, 1.165) is 44.7 Å². The van der Waals surface area contributed by atoms with E-state index in [1.807, 2.05) is 6.92 Å². The van der Waals surface area contributed by atoms with Crippen LogP contribution in [0.4, 0.5) is 0 Å². The third-order valence-electron chi connectivity index (χ3n) is 4.62. The third-order valence-corrected chi connectivity index (χ3v) is 6.13. The summed E-state index contributed by atoms with van der Waals surface area (Å²) in [5, 5.41) is 0. The smallest absolute Gasteiger partial charge is 0.240 e. The van der Waals surface area contributed by atoms with Crippen molar-refractivity contribution in [3.05, 3.63) is 23.8 Å². The van der Waals surface area contributed by atoms with Gasteiger partial charge in [-0.2, -0.15) is 0 Å². The summed E-state index contributed by atoms with van der Waals surface area (Å²) in [5.41, 5.74) is 0.813. The van der Waals surface area contributed by atoms with Crippen molar-refractivity contribution in [2.45, 2.75) is 36.7 Å². The topological polar surface area (TPSA) is 67.9 Å². The molecule has 2 fully saturated rings. The van der Waals surface area contributed by atoms with E-state index < -0.39 is 10.0 Å². The van der Waals surface area contributed by atoms with Crippen molar-refractivity contribution in [3.8, 4) is 5.75 Å². The minimum absolute atomic E-state index is 0.00903. The van der Waals surface area contributed by atoms with Gasteiger partial charge in [-0.1, -0.05) is 0 Å². The van der Waals surface area contributed by atoms with Crippen molar-refractivity contribution >= 4 is 10.0 Å². The molecule has 1 N–H and O–H groups in total. The molecule has 0 aliphatic carbocycles. The average molecular weight is 340 g/mol. The van der Waals surface area contributed by atoms with Crippen LogP contribution in [0.1, 0.15) is 18.4 Å². The Morgan fingerprint density at radius 1 is 1.26 bits per heavy atom. The van der Waals surface area contributed by atoms with Crippen molar-refractivity contribution < 1.29 is 17.9 Å². The lowest BCUT2D eigenvalue weighted by Crippen LogP contribution is -2.62. The Labute approximate surface area is 137 Å². The second-order valence-corrected chi connectivity index (χ2v) is 7.96. The van der Waals surface area contributed by atoms with E-state index in [2.05, 4.69) is 9.62 Å². The molecular formula is C16H24N2O4S. The highest BCUT2D eigenvalue weighted by atomic mass is 32.2. The number of aryl methyl sites for hydroxylation is 1. The summed E-state index contributed by atoms with van der Waals surface area (Å²) in [6, 6.07) is 5.45. The van der Waals surface area contributed by atoms with Crippen molar-refractivity contribution in [2.75, 3.05) is 33.4 Å². The molecule has 2 aliphatic heterocycles. The number of likely N-dealkylation sites (tertiary alicyclic amines) is 1. The molecule has 0 amide bonds. The molecule has 2 saturated heterocycles. The third kappa shape index (κ3) is 3.68. The molecule has 0 spiro atoms. The molecule has 0 radical (unpaired) electrons. The number of sulfonamides is 1. The number of nitrogens with zero attached hydrogens (tertiary/aromatic N) is 1. The standard InChI is InChI=1S/C16H24N2O4S/c1-12-9-15(3-4-16(12)21-2)23(19,20)17-13-10-18(11-13)14-5-7-22-8-6-14/h3-4,9,13-14,17H,5-8,10-11H2,1-2H3. The molecular weight excluding hydrogens is 316 g/mol. The predicted molar refractivity (Wildman–Crippen MR) is 87.3 cm³/mol. The van der Waals surface area contributed by atoms with E-state index in [0.29, 0.717) is 16.7 Å². The number of ether oxygens (including phenoxy) is 2. The van der Waals surface area contributed by atoms with Gasteiger partial charge in [0, 0.05) is 38.4 Å². The molecule has 6 nitrogen and oxygen atoms in total. The van der Waals surface area contributed by atoms with Gasteiger partial charge in [-0.15, -0.1) is 0 Å². The molecule has 7 heteroatoms. The van der Waals surface area contributed by atoms with Gasteiger partial charge in [0.2, 0.25) is 10.0 Å². The number of nitrogens with one attached hydrogen (secondary N) is 1. The Morgan fingerprint density at radius 2 is 1.96 bits per heavy atom. The fourth-order valence-corrected chi connectivity index (χ4v) is 4.54. The molecule has 1 aromatic carbocycles. The van der Waals surface area contributed by atoms with Crippen molar-refractivity contribution in [1.29, 1.82) is 0 Å². The zero-order valence-corrected chi connectivity index (χ0v) is 14.4. The maximum absolute atomic E-state index is 12.5. The van der Waals surface area contributed by atoms with Crippen LogP contribution in [-0.4, -0.2) is 58.8 Å². The van der Waals surface area contributed by atoms with Gasteiger partial charge in [-0.25, -0.2) is 13.1 Å². The number of benzene rings is 1. The lowest BCUT2D eigenvalue weighted by molar-refractivity contribution is 0.000323. The monoisotopic (exact) mass is 340 g/mol. The zero-order valence-electron chi connectivity index (χ0n) is 13.6. The van der Waals surface area contributed by atoms with Gasteiger partial charge < -0.3 is 9.47 Å². The first-order chi connectivity index (χ1) is 11.0. The minimum Gasteiger partial charge on any atom is -0.496 e. The van der Waals surface area contributed by atoms with Gasteiger partial charge in [0.25, 0.3) is 0 Å². The normalized spacial score (nSPS) is 21.1. The summed E-state index contributed by atoms with van der Waals surface area (Å²) in [6.45, 7) is 5.01. The SMILES string of the molecule is COc1ccc(S(=O)(=O)NC2CN(C3CCOCC3)C2)cc1C. The van der Waals surface area contributed by atoms with E-state index in [-0.39, 0.29) is 6.04 Å². The summed E-state index contributed by atoms with van der Waals surface area (Å²) >= 11 is 0. The van der Waals surface area contributed by atoms with Crippen LogP contribution in [0.2, 0.25) is 0 Å². The van der Waals surface area contributed by atoms with Crippen LogP contribution in [0, 0.1) is 6.92 Å². The zero-order chi connectivity index (χ0) is 16.4. The fraction of sp³-hybridized carbons (Fsp3) is 0.625. The van der Waals surface area contributed by atoms with Crippen LogP contribution in [0.25, 0.3) is 0 Å². The van der Waals surface area contributed by atoms with Gasteiger partial charge in [0.05, 0.1) is 12.0 Å². The predicted octanol–water partition coefficient (Wildman–Crippen LogP) is 1.15. The van der Waals surface area contributed by atoms with Crippen LogP contribution in [0.3, 0.4) is 0 Å². The van der Waals surface area contributed by atoms with Gasteiger partial charge in [-0.3, -0.25) is 4.90 Å². The summed E-state index contributed by atoms with van der Waals surface area (Å²) in [5.74, 6) is 0.693. The fourth-order valence-electron chi connectivity index (χ4n) is 3.24. The van der Waals surface area contributed by atoms with E-state index in [1.165, 1.54) is 0 Å². The number of hydrogen-bond donors (Lipinski definition) is 1. The maximum atomic E-state index is 12.5. The first-order valence-electron chi connectivity index (χ1n) is 7.98. The first kappa shape index (κ1) is 16.7. The van der Waals surface area contributed by atoms with Crippen LogP contribution >= 0.6 is 0 Å². The Morgan fingerprint density at radius 3 is 2.57 bits per heavy atom. The van der Waals surface area contributed by atoms with Gasteiger partial charge >= 0.3 is 0 Å². The molecule has 0 aromatic heterocycles. The van der Waals surface area contributed by atoms with Gasteiger partial charge in [0.1, 0.15) is 5.75 Å². The van der Waals surface area contributed by atoms with Crippen molar-refractivity contribution in [3.63, 3.8) is 0 Å². The lowest BCUT2D eigenvalue weighted by atomic mass is 10.0. The summed E-state index contributed by atoms with van der Waals surface area (Å²) in [6.07, 6.45) is 2.08. The Kier molecular flexibility index (Phi) is 4.91. The highest BCUT2D eigenvalue weighted by molar-refractivity contribution is 7.89. The molecule has 2 aliphatic rings. The summed E-state index contributed by atoms with van der Waals surface area (Å²) in [7, 11) is -1.90. The second kappa shape index (κ2) is 6.76. The Hall–Kier alpha value is -1.15. The number of methoxy groups -OCH3 is 1. The highest BCUT2D eigenvalue weighted by Gasteiger charge is 2.35. The van der Waals surface area contributed by atoms with Gasteiger partial charge in [-0.05, 0) is 43.5 Å². The van der Waals surface area contributed by atoms with Crippen LogP contribution in [0.5, 0.6) is 5.75 Å². The Balaban J connectivity index is 1.58. The molecule has 0 atom stereocenters. The molecule has 128 valence electrons. The number of rotatable bonds is 5. The van der Waals surface area contributed by atoms with E-state index >= 15 is 0 Å². The van der Waals surface area contributed by atoms with E-state index in [4.69, 9.17) is 9.47 Å². The van der Waals surface area contributed by atoms with Crippen LogP contribution in [0.15, 0.2) is 23.1 Å². The molecule has 0 unspecified atom stereocenters. The highest BCUT2D eigenvalue weighted by Crippen LogP contribution is 2.24. The molecule has 23 heavy (non-hydrogen) atoms.